The number of carbonyl (C=O) groups excluding carboxylic acids is 2. The molecule has 2 aliphatic heterocycles. The van der Waals surface area contributed by atoms with E-state index in [2.05, 4.69) is 25.9 Å². The first kappa shape index (κ1) is 18.3. The lowest BCUT2D eigenvalue weighted by molar-refractivity contribution is -0.140. The number of carbonyl (C=O) groups is 2. The number of amides is 2. The summed E-state index contributed by atoms with van der Waals surface area (Å²) >= 11 is 0. The van der Waals surface area contributed by atoms with Gasteiger partial charge in [0.2, 0.25) is 5.91 Å². The van der Waals surface area contributed by atoms with E-state index in [4.69, 9.17) is 0 Å². The minimum Gasteiger partial charge on any atom is -0.336 e. The highest BCUT2D eigenvalue weighted by Gasteiger charge is 2.41. The lowest BCUT2D eigenvalue weighted by atomic mass is 9.82. The zero-order valence-electron chi connectivity index (χ0n) is 16.2. The Hall–Kier alpha value is -2.79. The molecule has 29 heavy (non-hydrogen) atoms. The van der Waals surface area contributed by atoms with Crippen LogP contribution in [0.3, 0.4) is 0 Å². The molecule has 0 bridgehead atoms. The summed E-state index contributed by atoms with van der Waals surface area (Å²) in [4.78, 5) is 49.9. The molecule has 2 amide bonds. The van der Waals surface area contributed by atoms with Crippen LogP contribution in [-0.4, -0.2) is 79.0 Å². The first-order valence-corrected chi connectivity index (χ1v) is 10.0. The van der Waals surface area contributed by atoms with Gasteiger partial charge in [0, 0.05) is 37.4 Å². The van der Waals surface area contributed by atoms with Crippen molar-refractivity contribution in [3.8, 4) is 0 Å². The Kier molecular flexibility index (Phi) is 4.36. The average molecular weight is 400 g/mol. The van der Waals surface area contributed by atoms with Gasteiger partial charge in [0.05, 0.1) is 0 Å². The van der Waals surface area contributed by atoms with Gasteiger partial charge < -0.3 is 9.80 Å². The first-order chi connectivity index (χ1) is 14.0. The summed E-state index contributed by atoms with van der Waals surface area (Å²) in [6.45, 7) is 3.34. The highest BCUT2D eigenvalue weighted by molar-refractivity contribution is 5.97. The van der Waals surface area contributed by atoms with Crippen molar-refractivity contribution in [2.45, 2.75) is 44.3 Å². The molecule has 2 saturated heterocycles. The van der Waals surface area contributed by atoms with Crippen LogP contribution in [0.1, 0.15) is 36.5 Å². The SMILES string of the molecule is CC1CN(C2CCC3CNNC3C2)C(=O)CN1C(=O)c1cnc2nc[nH]n2c1=O. The molecule has 4 heterocycles. The number of rotatable bonds is 2. The molecule has 1 saturated carbocycles. The number of hydrogen-bond acceptors (Lipinski definition) is 7. The molecule has 1 aliphatic carbocycles. The quantitative estimate of drug-likeness (QED) is 0.574. The molecule has 2 aromatic rings. The lowest BCUT2D eigenvalue weighted by Crippen LogP contribution is -2.61. The fourth-order valence-electron chi connectivity index (χ4n) is 4.84. The van der Waals surface area contributed by atoms with Gasteiger partial charge in [-0.3, -0.25) is 30.3 Å². The summed E-state index contributed by atoms with van der Waals surface area (Å²) in [5.74, 6) is 0.282. The standard InChI is InChI=1S/C18H24N8O3/c1-10-7-25(12-3-2-11-5-21-23-14(11)4-12)15(27)8-24(10)16(28)13-6-19-18-20-9-22-26(18)17(13)29/h6,9-12,14,21,23H,2-5,7-8H2,1H3,(H,19,20,22). The predicted molar refractivity (Wildman–Crippen MR) is 102 cm³/mol. The van der Waals surface area contributed by atoms with E-state index in [9.17, 15) is 14.4 Å². The molecule has 3 fully saturated rings. The molecular weight excluding hydrogens is 376 g/mol. The van der Waals surface area contributed by atoms with Crippen LogP contribution in [0.4, 0.5) is 0 Å². The van der Waals surface area contributed by atoms with E-state index >= 15 is 0 Å². The molecule has 5 rings (SSSR count). The van der Waals surface area contributed by atoms with Crippen molar-refractivity contribution < 1.29 is 9.59 Å². The van der Waals surface area contributed by atoms with E-state index in [0.717, 1.165) is 30.3 Å². The number of hydrogen-bond donors (Lipinski definition) is 3. The second-order valence-electron chi connectivity index (χ2n) is 8.19. The Morgan fingerprint density at radius 3 is 2.97 bits per heavy atom. The van der Waals surface area contributed by atoms with Gasteiger partial charge in [-0.2, -0.15) is 4.52 Å². The second kappa shape index (κ2) is 6.92. The van der Waals surface area contributed by atoms with Crippen molar-refractivity contribution in [2.24, 2.45) is 5.92 Å². The summed E-state index contributed by atoms with van der Waals surface area (Å²) in [6.07, 6.45) is 5.57. The molecule has 2 aromatic heterocycles. The van der Waals surface area contributed by atoms with E-state index in [-0.39, 0.29) is 35.9 Å². The maximum atomic E-state index is 13.0. The highest BCUT2D eigenvalue weighted by atomic mass is 16.2. The van der Waals surface area contributed by atoms with Gasteiger partial charge in [-0.05, 0) is 32.1 Å². The fraction of sp³-hybridized carbons (Fsp3) is 0.611. The first-order valence-electron chi connectivity index (χ1n) is 10.0. The molecule has 4 unspecified atom stereocenters. The monoisotopic (exact) mass is 400 g/mol. The number of aromatic nitrogens is 4. The number of aromatic amines is 1. The number of H-pyrrole nitrogens is 1. The third-order valence-electron chi connectivity index (χ3n) is 6.48. The molecule has 154 valence electrons. The van der Waals surface area contributed by atoms with Gasteiger partial charge in [0.15, 0.2) is 0 Å². The van der Waals surface area contributed by atoms with Crippen LogP contribution in [0, 0.1) is 5.92 Å². The van der Waals surface area contributed by atoms with Crippen molar-refractivity contribution in [2.75, 3.05) is 19.6 Å². The average Bonchev–Trinajstić information content (AvgIpc) is 3.38. The molecule has 0 spiro atoms. The number of piperazine rings is 1. The number of fused-ring (bicyclic) bond motifs is 2. The summed E-state index contributed by atoms with van der Waals surface area (Å²) < 4.78 is 1.12. The summed E-state index contributed by atoms with van der Waals surface area (Å²) in [6, 6.07) is 0.391. The maximum Gasteiger partial charge on any atom is 0.286 e. The topological polar surface area (TPSA) is 128 Å². The number of nitrogens with one attached hydrogen (secondary N) is 3. The normalized spacial score (nSPS) is 30.0. The van der Waals surface area contributed by atoms with E-state index in [1.807, 2.05) is 11.8 Å². The Morgan fingerprint density at radius 2 is 2.10 bits per heavy atom. The van der Waals surface area contributed by atoms with Crippen LogP contribution in [-0.2, 0) is 4.79 Å². The van der Waals surface area contributed by atoms with Crippen LogP contribution >= 0.6 is 0 Å². The van der Waals surface area contributed by atoms with Gasteiger partial charge in [-0.1, -0.05) is 0 Å². The molecule has 0 aromatic carbocycles. The second-order valence-corrected chi connectivity index (χ2v) is 8.19. The van der Waals surface area contributed by atoms with Gasteiger partial charge in [0.1, 0.15) is 18.4 Å². The van der Waals surface area contributed by atoms with Crippen molar-refractivity contribution in [3.05, 3.63) is 28.4 Å². The highest BCUT2D eigenvalue weighted by Crippen LogP contribution is 2.31. The Labute approximate surface area is 166 Å². The minimum absolute atomic E-state index is 0.0264. The molecule has 11 heteroatoms. The van der Waals surface area contributed by atoms with Crippen LogP contribution < -0.4 is 16.4 Å². The lowest BCUT2D eigenvalue weighted by Gasteiger charge is -2.45. The van der Waals surface area contributed by atoms with Crippen LogP contribution in [0.15, 0.2) is 17.3 Å². The van der Waals surface area contributed by atoms with Crippen LogP contribution in [0.2, 0.25) is 0 Å². The molecule has 11 nitrogen and oxygen atoms in total. The van der Waals surface area contributed by atoms with Gasteiger partial charge >= 0.3 is 0 Å². The van der Waals surface area contributed by atoms with E-state index in [1.165, 1.54) is 17.4 Å². The molecule has 0 radical (unpaired) electrons. The van der Waals surface area contributed by atoms with E-state index < -0.39 is 11.5 Å². The van der Waals surface area contributed by atoms with Crippen LogP contribution in [0.25, 0.3) is 5.78 Å². The smallest absolute Gasteiger partial charge is 0.286 e. The Balaban J connectivity index is 1.33. The van der Waals surface area contributed by atoms with Gasteiger partial charge in [0.25, 0.3) is 17.2 Å². The summed E-state index contributed by atoms with van der Waals surface area (Å²) in [7, 11) is 0. The molecular formula is C18H24N8O3. The fourth-order valence-corrected chi connectivity index (χ4v) is 4.84. The molecule has 3 N–H and O–H groups in total. The zero-order valence-corrected chi connectivity index (χ0v) is 16.2. The Morgan fingerprint density at radius 1 is 1.24 bits per heavy atom. The van der Waals surface area contributed by atoms with Crippen molar-refractivity contribution in [1.29, 1.82) is 0 Å². The third kappa shape index (κ3) is 3.01. The molecule has 3 aliphatic rings. The minimum atomic E-state index is -0.516. The zero-order chi connectivity index (χ0) is 20.1. The van der Waals surface area contributed by atoms with E-state index in [0.29, 0.717) is 18.5 Å². The summed E-state index contributed by atoms with van der Waals surface area (Å²) in [5, 5.41) is 2.65. The predicted octanol–water partition coefficient (Wildman–Crippen LogP) is -1.26. The Bertz CT molecular complexity index is 1020. The summed E-state index contributed by atoms with van der Waals surface area (Å²) in [5.41, 5.74) is 5.95. The maximum absolute atomic E-state index is 13.0. The van der Waals surface area contributed by atoms with Crippen LogP contribution in [0.5, 0.6) is 0 Å². The largest absolute Gasteiger partial charge is 0.336 e. The third-order valence-corrected chi connectivity index (χ3v) is 6.48. The van der Waals surface area contributed by atoms with Gasteiger partial charge in [-0.25, -0.2) is 9.97 Å². The number of hydrazine groups is 1. The van der Waals surface area contributed by atoms with Crippen molar-refractivity contribution >= 4 is 17.6 Å². The molecule has 4 atom stereocenters. The van der Waals surface area contributed by atoms with Crippen molar-refractivity contribution in [3.63, 3.8) is 0 Å². The number of nitrogens with zero attached hydrogens (tertiary/aromatic N) is 5. The van der Waals surface area contributed by atoms with E-state index in [1.54, 1.807) is 0 Å². The van der Waals surface area contributed by atoms with Crippen molar-refractivity contribution in [1.82, 2.24) is 40.2 Å². The van der Waals surface area contributed by atoms with Gasteiger partial charge in [-0.15, -0.1) is 0 Å².